The first kappa shape index (κ1) is 15.6. The van der Waals surface area contributed by atoms with Crippen molar-refractivity contribution in [2.24, 2.45) is 0 Å². The Morgan fingerprint density at radius 3 is 2.29 bits per heavy atom. The molecule has 3 aromatic carbocycles. The van der Waals surface area contributed by atoms with Crippen LogP contribution in [0, 0.1) is 0 Å². The van der Waals surface area contributed by atoms with E-state index in [1.807, 2.05) is 30.3 Å². The van der Waals surface area contributed by atoms with Crippen LogP contribution in [0.3, 0.4) is 0 Å². The van der Waals surface area contributed by atoms with Gasteiger partial charge in [-0.05, 0) is 53.0 Å². The first-order valence-electron chi connectivity index (χ1n) is 7.57. The molecule has 0 fully saturated rings. The molecule has 1 heterocycles. The Bertz CT molecular complexity index is 1050. The minimum Gasteiger partial charge on any atom is -0.294 e. The Hall–Kier alpha value is -1.91. The maximum atomic E-state index is 12.2. The Balaban J connectivity index is 2.26. The number of ketones is 2. The van der Waals surface area contributed by atoms with Gasteiger partial charge in [-0.3, -0.25) is 9.59 Å². The Morgan fingerprint density at radius 1 is 0.875 bits per heavy atom. The van der Waals surface area contributed by atoms with E-state index in [0.717, 1.165) is 31.3 Å². The van der Waals surface area contributed by atoms with Gasteiger partial charge in [-0.2, -0.15) is 0 Å². The van der Waals surface area contributed by atoms with Gasteiger partial charge in [0.15, 0.2) is 11.6 Å². The van der Waals surface area contributed by atoms with Crippen molar-refractivity contribution in [3.63, 3.8) is 0 Å². The molecule has 0 radical (unpaired) electrons. The van der Waals surface area contributed by atoms with Crippen molar-refractivity contribution in [1.29, 1.82) is 0 Å². The number of carbonyl (C=O) groups excluding carboxylic acids is 2. The number of fused-ring (bicyclic) bond motifs is 2. The summed E-state index contributed by atoms with van der Waals surface area (Å²) in [4.78, 5) is 26.6. The van der Waals surface area contributed by atoms with E-state index in [1.165, 1.54) is 4.90 Å². The summed E-state index contributed by atoms with van der Waals surface area (Å²) < 4.78 is 0.890. The molecule has 0 aliphatic carbocycles. The van der Waals surface area contributed by atoms with Crippen LogP contribution in [-0.2, 0) is 0 Å². The van der Waals surface area contributed by atoms with Crippen LogP contribution in [0.1, 0.15) is 34.6 Å². The topological polar surface area (TPSA) is 34.1 Å². The number of halogens is 1. The highest BCUT2D eigenvalue weighted by atomic mass is 79.9. The molecule has 1 aliphatic heterocycles. The minimum atomic E-state index is -0.0363. The highest BCUT2D eigenvalue weighted by molar-refractivity contribution is 9.10. The van der Waals surface area contributed by atoms with Crippen molar-refractivity contribution >= 4 is 50.0 Å². The maximum absolute atomic E-state index is 12.2. The van der Waals surface area contributed by atoms with Gasteiger partial charge in [-0.25, -0.2) is 0 Å². The largest absolute Gasteiger partial charge is 0.294 e. The average molecular weight is 397 g/mol. The number of carbonyl (C=O) groups is 2. The van der Waals surface area contributed by atoms with E-state index in [4.69, 9.17) is 0 Å². The zero-order valence-corrected chi connectivity index (χ0v) is 15.5. The van der Waals surface area contributed by atoms with Crippen molar-refractivity contribution in [3.8, 4) is 11.1 Å². The zero-order valence-electron chi connectivity index (χ0n) is 13.1. The fourth-order valence-electron chi connectivity index (χ4n) is 3.29. The number of hydrogen-bond acceptors (Lipinski definition) is 3. The molecule has 118 valence electrons. The maximum Gasteiger partial charge on any atom is 0.160 e. The first-order chi connectivity index (χ1) is 11.5. The van der Waals surface area contributed by atoms with E-state index >= 15 is 0 Å². The van der Waals surface area contributed by atoms with Gasteiger partial charge in [0.1, 0.15) is 0 Å². The smallest absolute Gasteiger partial charge is 0.160 e. The number of rotatable bonds is 2. The van der Waals surface area contributed by atoms with E-state index in [2.05, 4.69) is 28.1 Å². The molecule has 0 bridgehead atoms. The lowest BCUT2D eigenvalue weighted by Crippen LogP contribution is -2.05. The van der Waals surface area contributed by atoms with Gasteiger partial charge in [0.2, 0.25) is 0 Å². The van der Waals surface area contributed by atoms with E-state index in [9.17, 15) is 9.59 Å². The summed E-state index contributed by atoms with van der Waals surface area (Å²) in [5.41, 5.74) is 3.41. The molecule has 0 unspecified atom stereocenters. The third-order valence-electron chi connectivity index (χ3n) is 4.34. The predicted molar refractivity (Wildman–Crippen MR) is 101 cm³/mol. The molecule has 0 N–H and O–H groups in total. The molecule has 0 amide bonds. The van der Waals surface area contributed by atoms with Gasteiger partial charge in [0, 0.05) is 36.2 Å². The standard InChI is InChI=1S/C20H13BrO2S/c1-10(22)12-7-8-14-13-5-3-4-6-17(13)24-20-16(21)9-15(11(2)23)18(12)19(14)20/h3-9H,1-2H3. The second-order valence-electron chi connectivity index (χ2n) is 5.86. The lowest BCUT2D eigenvalue weighted by molar-refractivity contribution is 0.101. The Morgan fingerprint density at radius 2 is 1.58 bits per heavy atom. The van der Waals surface area contributed by atoms with Gasteiger partial charge in [0.05, 0.1) is 0 Å². The Labute approximate surface area is 152 Å². The third kappa shape index (κ3) is 2.17. The normalized spacial score (nSPS) is 12.1. The van der Waals surface area contributed by atoms with Crippen molar-refractivity contribution < 1.29 is 9.59 Å². The predicted octanol–water partition coefficient (Wildman–Crippen LogP) is 6.14. The molecule has 0 saturated heterocycles. The molecule has 1 aliphatic rings. The van der Waals surface area contributed by atoms with E-state index in [1.54, 1.807) is 25.6 Å². The SMILES string of the molecule is CC(=O)c1ccc2c3c(c(Br)cc(C(C)=O)c13)Sc1ccccc1-2. The van der Waals surface area contributed by atoms with Crippen LogP contribution in [0.4, 0.5) is 0 Å². The lowest BCUT2D eigenvalue weighted by atomic mass is 9.89. The van der Waals surface area contributed by atoms with Crippen molar-refractivity contribution in [2.45, 2.75) is 23.6 Å². The van der Waals surface area contributed by atoms with Gasteiger partial charge >= 0.3 is 0 Å². The van der Waals surface area contributed by atoms with Crippen LogP contribution < -0.4 is 0 Å². The summed E-state index contributed by atoms with van der Waals surface area (Å²) in [6.45, 7) is 3.09. The molecule has 3 aromatic rings. The summed E-state index contributed by atoms with van der Waals surface area (Å²) in [6.07, 6.45) is 0. The molecular weight excluding hydrogens is 384 g/mol. The molecule has 0 spiro atoms. The highest BCUT2D eigenvalue weighted by Crippen LogP contribution is 2.51. The van der Waals surface area contributed by atoms with Gasteiger partial charge in [0.25, 0.3) is 0 Å². The summed E-state index contributed by atoms with van der Waals surface area (Å²) in [7, 11) is 0. The molecule has 2 nitrogen and oxygen atoms in total. The average Bonchev–Trinajstić information content (AvgIpc) is 2.56. The van der Waals surface area contributed by atoms with Crippen LogP contribution >= 0.6 is 27.7 Å². The van der Waals surface area contributed by atoms with Crippen LogP contribution in [0.5, 0.6) is 0 Å². The fraction of sp³-hybridized carbons (Fsp3) is 0.100. The summed E-state index contributed by atoms with van der Waals surface area (Å²) >= 11 is 5.29. The quantitative estimate of drug-likeness (QED) is 0.381. The lowest BCUT2D eigenvalue weighted by Gasteiger charge is -2.23. The van der Waals surface area contributed by atoms with Crippen LogP contribution in [0.25, 0.3) is 21.9 Å². The second kappa shape index (κ2) is 5.57. The van der Waals surface area contributed by atoms with Gasteiger partial charge in [-0.15, -0.1) is 0 Å². The monoisotopic (exact) mass is 396 g/mol. The summed E-state index contributed by atoms with van der Waals surface area (Å²) in [5.74, 6) is -0.0630. The third-order valence-corrected chi connectivity index (χ3v) is 6.43. The molecule has 0 aromatic heterocycles. The van der Waals surface area contributed by atoms with E-state index in [-0.39, 0.29) is 11.6 Å². The van der Waals surface area contributed by atoms with E-state index < -0.39 is 0 Å². The van der Waals surface area contributed by atoms with Crippen molar-refractivity contribution in [1.82, 2.24) is 0 Å². The number of hydrogen-bond donors (Lipinski definition) is 0. The highest BCUT2D eigenvalue weighted by Gasteiger charge is 2.26. The van der Waals surface area contributed by atoms with Crippen LogP contribution in [0.2, 0.25) is 0 Å². The van der Waals surface area contributed by atoms with E-state index in [0.29, 0.717) is 11.1 Å². The first-order valence-corrected chi connectivity index (χ1v) is 9.18. The minimum absolute atomic E-state index is 0.0267. The number of benzene rings is 3. The van der Waals surface area contributed by atoms with Crippen LogP contribution in [0.15, 0.2) is 56.7 Å². The van der Waals surface area contributed by atoms with Crippen molar-refractivity contribution in [3.05, 3.63) is 58.1 Å². The summed E-state index contributed by atoms with van der Waals surface area (Å²) in [5, 5.41) is 1.76. The Kier molecular flexibility index (Phi) is 3.62. The summed E-state index contributed by atoms with van der Waals surface area (Å²) in [6, 6.07) is 13.9. The molecule has 4 heteroatoms. The second-order valence-corrected chi connectivity index (χ2v) is 7.76. The molecule has 24 heavy (non-hydrogen) atoms. The molecule has 0 atom stereocenters. The van der Waals surface area contributed by atoms with Gasteiger partial charge < -0.3 is 0 Å². The molecule has 4 rings (SSSR count). The fourth-order valence-corrected chi connectivity index (χ4v) is 5.08. The number of Topliss-reactive ketones (excluding diaryl/α,β-unsaturated/α-hetero) is 2. The molecule has 0 saturated carbocycles. The van der Waals surface area contributed by atoms with Crippen LogP contribution in [-0.4, -0.2) is 11.6 Å². The van der Waals surface area contributed by atoms with Gasteiger partial charge in [-0.1, -0.05) is 42.1 Å². The van der Waals surface area contributed by atoms with Crippen molar-refractivity contribution in [2.75, 3.05) is 0 Å². The zero-order chi connectivity index (χ0) is 17.0. The molecular formula is C20H13BrO2S.